The highest BCUT2D eigenvalue weighted by Gasteiger charge is 2.12. The zero-order valence-corrected chi connectivity index (χ0v) is 9.51. The molecule has 0 radical (unpaired) electrons. The van der Waals surface area contributed by atoms with Gasteiger partial charge in [-0.1, -0.05) is 18.5 Å². The van der Waals surface area contributed by atoms with Gasteiger partial charge in [0.2, 0.25) is 5.89 Å². The molecule has 0 saturated carbocycles. The molecule has 0 amide bonds. The summed E-state index contributed by atoms with van der Waals surface area (Å²) in [6, 6.07) is -0.0771. The molecular formula is C9H17N3OS. The first-order valence-electron chi connectivity index (χ1n) is 4.85. The molecule has 0 aromatic carbocycles. The molecule has 2 N–H and O–H groups in total. The molecule has 0 fully saturated rings. The van der Waals surface area contributed by atoms with E-state index in [0.29, 0.717) is 11.7 Å². The molecule has 0 aliphatic heterocycles. The van der Waals surface area contributed by atoms with Gasteiger partial charge in [-0.05, 0) is 12.7 Å². The Bertz CT molecular complexity index is 264. The van der Waals surface area contributed by atoms with Crippen LogP contribution in [0.5, 0.6) is 0 Å². The molecule has 14 heavy (non-hydrogen) atoms. The van der Waals surface area contributed by atoms with E-state index in [1.807, 2.05) is 0 Å². The SMILES string of the molecule is CCCC(N)c1noc(CCSC)n1. The summed E-state index contributed by atoms with van der Waals surface area (Å²) in [6.45, 7) is 2.09. The number of aromatic nitrogens is 2. The lowest BCUT2D eigenvalue weighted by Crippen LogP contribution is -2.11. The molecule has 0 bridgehead atoms. The monoisotopic (exact) mass is 215 g/mol. The van der Waals surface area contributed by atoms with Crippen LogP contribution in [0.25, 0.3) is 0 Å². The molecule has 4 nitrogen and oxygen atoms in total. The van der Waals surface area contributed by atoms with Crippen molar-refractivity contribution in [3.63, 3.8) is 0 Å². The minimum atomic E-state index is -0.0771. The van der Waals surface area contributed by atoms with Crippen LogP contribution in [-0.4, -0.2) is 22.1 Å². The fourth-order valence-electron chi connectivity index (χ4n) is 1.15. The maximum Gasteiger partial charge on any atom is 0.227 e. The van der Waals surface area contributed by atoms with Gasteiger partial charge in [0, 0.05) is 12.2 Å². The summed E-state index contributed by atoms with van der Waals surface area (Å²) in [5.74, 6) is 2.34. The standard InChI is InChI=1S/C9H17N3OS/c1-3-4-7(10)9-11-8(13-12-9)5-6-14-2/h7H,3-6,10H2,1-2H3. The molecule has 0 aliphatic carbocycles. The Hall–Kier alpha value is -0.550. The van der Waals surface area contributed by atoms with Crippen molar-refractivity contribution in [2.24, 2.45) is 5.73 Å². The van der Waals surface area contributed by atoms with Gasteiger partial charge < -0.3 is 10.3 Å². The molecule has 0 aliphatic rings. The Morgan fingerprint density at radius 1 is 1.57 bits per heavy atom. The van der Waals surface area contributed by atoms with E-state index >= 15 is 0 Å². The first kappa shape index (κ1) is 11.5. The van der Waals surface area contributed by atoms with Crippen LogP contribution in [0.1, 0.15) is 37.5 Å². The predicted molar refractivity (Wildman–Crippen MR) is 58.2 cm³/mol. The van der Waals surface area contributed by atoms with Gasteiger partial charge in [0.05, 0.1) is 6.04 Å². The van der Waals surface area contributed by atoms with E-state index in [9.17, 15) is 0 Å². The molecule has 1 rings (SSSR count). The quantitative estimate of drug-likeness (QED) is 0.783. The highest BCUT2D eigenvalue weighted by molar-refractivity contribution is 7.98. The van der Waals surface area contributed by atoms with Crippen molar-refractivity contribution in [2.45, 2.75) is 32.2 Å². The van der Waals surface area contributed by atoms with Gasteiger partial charge in [0.15, 0.2) is 5.82 Å². The molecule has 80 valence electrons. The first-order valence-corrected chi connectivity index (χ1v) is 6.24. The number of rotatable bonds is 6. The van der Waals surface area contributed by atoms with Crippen molar-refractivity contribution < 1.29 is 4.52 Å². The highest BCUT2D eigenvalue weighted by Crippen LogP contribution is 2.12. The zero-order valence-electron chi connectivity index (χ0n) is 8.69. The minimum Gasteiger partial charge on any atom is -0.339 e. The van der Waals surface area contributed by atoms with Gasteiger partial charge in [0.1, 0.15) is 0 Å². The number of hydrogen-bond acceptors (Lipinski definition) is 5. The zero-order chi connectivity index (χ0) is 10.4. The number of nitrogens with zero attached hydrogens (tertiary/aromatic N) is 2. The average molecular weight is 215 g/mol. The van der Waals surface area contributed by atoms with Crippen LogP contribution in [-0.2, 0) is 6.42 Å². The lowest BCUT2D eigenvalue weighted by atomic mass is 10.2. The van der Waals surface area contributed by atoms with E-state index in [0.717, 1.165) is 25.0 Å². The third-order valence-corrected chi connectivity index (χ3v) is 2.55. The van der Waals surface area contributed by atoms with Gasteiger partial charge in [0.25, 0.3) is 0 Å². The van der Waals surface area contributed by atoms with Crippen LogP contribution in [0, 0.1) is 0 Å². The third kappa shape index (κ3) is 3.31. The van der Waals surface area contributed by atoms with Crippen molar-refractivity contribution in [3.05, 3.63) is 11.7 Å². The summed E-state index contributed by atoms with van der Waals surface area (Å²) in [4.78, 5) is 4.25. The Labute approximate surface area is 88.6 Å². The van der Waals surface area contributed by atoms with Crippen LogP contribution >= 0.6 is 11.8 Å². The van der Waals surface area contributed by atoms with E-state index in [4.69, 9.17) is 10.3 Å². The summed E-state index contributed by atoms with van der Waals surface area (Å²) in [7, 11) is 0. The van der Waals surface area contributed by atoms with E-state index in [2.05, 4.69) is 23.3 Å². The maximum absolute atomic E-state index is 5.86. The lowest BCUT2D eigenvalue weighted by Gasteiger charge is -2.02. The smallest absolute Gasteiger partial charge is 0.227 e. The van der Waals surface area contributed by atoms with Crippen LogP contribution in [0.3, 0.4) is 0 Å². The molecule has 5 heteroatoms. The normalized spacial score (nSPS) is 13.1. The Morgan fingerprint density at radius 3 is 3.00 bits per heavy atom. The van der Waals surface area contributed by atoms with Crippen molar-refractivity contribution in [1.82, 2.24) is 10.1 Å². The lowest BCUT2D eigenvalue weighted by molar-refractivity contribution is 0.372. The second-order valence-corrected chi connectivity index (χ2v) is 4.17. The van der Waals surface area contributed by atoms with Crippen LogP contribution in [0.2, 0.25) is 0 Å². The fraction of sp³-hybridized carbons (Fsp3) is 0.778. The molecule has 1 aromatic rings. The minimum absolute atomic E-state index is 0.0771. The Balaban J connectivity index is 2.49. The second kappa shape index (κ2) is 6.03. The largest absolute Gasteiger partial charge is 0.339 e. The van der Waals surface area contributed by atoms with E-state index in [1.54, 1.807) is 11.8 Å². The average Bonchev–Trinajstić information content (AvgIpc) is 2.63. The number of hydrogen-bond donors (Lipinski definition) is 1. The predicted octanol–water partition coefficient (Wildman–Crippen LogP) is 1.77. The second-order valence-electron chi connectivity index (χ2n) is 3.18. The number of aryl methyl sites for hydroxylation is 1. The molecular weight excluding hydrogens is 198 g/mol. The summed E-state index contributed by atoms with van der Waals surface area (Å²) in [5, 5.41) is 3.87. The number of nitrogens with two attached hydrogens (primary N) is 1. The van der Waals surface area contributed by atoms with E-state index in [1.165, 1.54) is 0 Å². The highest BCUT2D eigenvalue weighted by atomic mass is 32.2. The third-order valence-electron chi connectivity index (χ3n) is 1.94. The molecule has 1 heterocycles. The summed E-state index contributed by atoms with van der Waals surface area (Å²) in [6.07, 6.45) is 4.82. The molecule has 1 aromatic heterocycles. The molecule has 1 unspecified atom stereocenters. The Kier molecular flexibility index (Phi) is 4.97. The van der Waals surface area contributed by atoms with Gasteiger partial charge in [-0.2, -0.15) is 16.7 Å². The van der Waals surface area contributed by atoms with Gasteiger partial charge >= 0.3 is 0 Å². The van der Waals surface area contributed by atoms with Gasteiger partial charge in [-0.15, -0.1) is 0 Å². The topological polar surface area (TPSA) is 64.9 Å². The molecule has 0 spiro atoms. The van der Waals surface area contributed by atoms with E-state index < -0.39 is 0 Å². The van der Waals surface area contributed by atoms with E-state index in [-0.39, 0.29) is 6.04 Å². The van der Waals surface area contributed by atoms with Crippen molar-refractivity contribution in [1.29, 1.82) is 0 Å². The molecule has 1 atom stereocenters. The van der Waals surface area contributed by atoms with Crippen LogP contribution < -0.4 is 5.73 Å². The summed E-state index contributed by atoms with van der Waals surface area (Å²) < 4.78 is 5.08. The maximum atomic E-state index is 5.86. The fourth-order valence-corrected chi connectivity index (χ4v) is 1.53. The van der Waals surface area contributed by atoms with Crippen molar-refractivity contribution in [2.75, 3.05) is 12.0 Å². The van der Waals surface area contributed by atoms with Crippen LogP contribution in [0.4, 0.5) is 0 Å². The van der Waals surface area contributed by atoms with Gasteiger partial charge in [-0.3, -0.25) is 0 Å². The van der Waals surface area contributed by atoms with Crippen LogP contribution in [0.15, 0.2) is 4.52 Å². The Morgan fingerprint density at radius 2 is 2.36 bits per heavy atom. The first-order chi connectivity index (χ1) is 6.77. The summed E-state index contributed by atoms with van der Waals surface area (Å²) in [5.41, 5.74) is 5.86. The summed E-state index contributed by atoms with van der Waals surface area (Å²) >= 11 is 1.77. The van der Waals surface area contributed by atoms with Gasteiger partial charge in [-0.25, -0.2) is 0 Å². The molecule has 0 saturated heterocycles. The van der Waals surface area contributed by atoms with Crippen molar-refractivity contribution >= 4 is 11.8 Å². The number of thioether (sulfide) groups is 1. The van der Waals surface area contributed by atoms with Crippen molar-refractivity contribution in [3.8, 4) is 0 Å².